The molecule has 0 saturated carbocycles. The van der Waals surface area contributed by atoms with Crippen molar-refractivity contribution in [3.8, 4) is 0 Å². The van der Waals surface area contributed by atoms with Crippen molar-refractivity contribution in [2.75, 3.05) is 5.32 Å². The Morgan fingerprint density at radius 1 is 1.28 bits per heavy atom. The first-order valence-electron chi connectivity index (χ1n) is 4.86. The van der Waals surface area contributed by atoms with Gasteiger partial charge in [-0.05, 0) is 24.3 Å². The quantitative estimate of drug-likeness (QED) is 0.894. The molecule has 2 aromatic rings. The summed E-state index contributed by atoms with van der Waals surface area (Å²) in [7, 11) is 0. The molecule has 0 aliphatic carbocycles. The number of carbonyl (C=O) groups is 1. The number of benzene rings is 1. The minimum atomic E-state index is -1.18. The second-order valence-corrected chi connectivity index (χ2v) is 3.74. The number of hydrogen-bond donors (Lipinski definition) is 2. The van der Waals surface area contributed by atoms with Crippen molar-refractivity contribution >= 4 is 29.1 Å². The van der Waals surface area contributed by atoms with Gasteiger partial charge in [0, 0.05) is 0 Å². The Hall–Kier alpha value is -2.21. The van der Waals surface area contributed by atoms with E-state index in [4.69, 9.17) is 16.7 Å². The highest BCUT2D eigenvalue weighted by atomic mass is 35.5. The van der Waals surface area contributed by atoms with Gasteiger partial charge in [-0.15, -0.1) is 10.2 Å². The van der Waals surface area contributed by atoms with E-state index in [-0.39, 0.29) is 22.2 Å². The SMILES string of the molecule is O=C(O)c1ccc(Nc2cccc(Cl)c2F)nn1. The largest absolute Gasteiger partial charge is 0.476 e. The molecule has 0 unspecified atom stereocenters. The van der Waals surface area contributed by atoms with Crippen LogP contribution in [0.1, 0.15) is 10.5 Å². The Labute approximate surface area is 106 Å². The first kappa shape index (κ1) is 12.3. The molecule has 18 heavy (non-hydrogen) atoms. The predicted octanol–water partition coefficient (Wildman–Crippen LogP) is 2.71. The van der Waals surface area contributed by atoms with Gasteiger partial charge in [-0.2, -0.15) is 0 Å². The Balaban J connectivity index is 2.24. The molecule has 2 rings (SSSR count). The number of aromatic carboxylic acids is 1. The molecular formula is C11H7ClFN3O2. The topological polar surface area (TPSA) is 75.1 Å². The zero-order valence-corrected chi connectivity index (χ0v) is 9.65. The highest BCUT2D eigenvalue weighted by Gasteiger charge is 2.08. The summed E-state index contributed by atoms with van der Waals surface area (Å²) in [5.41, 5.74) is -0.0491. The molecule has 1 aromatic carbocycles. The van der Waals surface area contributed by atoms with Gasteiger partial charge in [-0.1, -0.05) is 17.7 Å². The lowest BCUT2D eigenvalue weighted by Crippen LogP contribution is -2.04. The highest BCUT2D eigenvalue weighted by Crippen LogP contribution is 2.24. The van der Waals surface area contributed by atoms with E-state index < -0.39 is 11.8 Å². The molecule has 5 nitrogen and oxygen atoms in total. The Kier molecular flexibility index (Phi) is 3.38. The van der Waals surface area contributed by atoms with Gasteiger partial charge >= 0.3 is 5.97 Å². The number of nitrogens with one attached hydrogen (secondary N) is 1. The number of carboxylic acids is 1. The zero-order valence-electron chi connectivity index (χ0n) is 8.89. The third-order valence-corrected chi connectivity index (χ3v) is 2.39. The number of rotatable bonds is 3. The molecule has 92 valence electrons. The number of hydrogen-bond acceptors (Lipinski definition) is 4. The van der Waals surface area contributed by atoms with Crippen LogP contribution < -0.4 is 5.32 Å². The molecular weight excluding hydrogens is 261 g/mol. The van der Waals surface area contributed by atoms with Crippen molar-refractivity contribution in [3.05, 3.63) is 46.9 Å². The number of carboxylic acid groups (broad SMARTS) is 1. The fourth-order valence-electron chi connectivity index (χ4n) is 1.25. The van der Waals surface area contributed by atoms with E-state index in [1.165, 1.54) is 24.3 Å². The van der Waals surface area contributed by atoms with E-state index in [0.717, 1.165) is 0 Å². The first-order chi connectivity index (χ1) is 8.58. The average Bonchev–Trinajstić information content (AvgIpc) is 2.36. The lowest BCUT2D eigenvalue weighted by atomic mass is 10.3. The second-order valence-electron chi connectivity index (χ2n) is 3.34. The molecule has 0 aliphatic heterocycles. The normalized spacial score (nSPS) is 10.1. The number of halogens is 2. The smallest absolute Gasteiger partial charge is 0.356 e. The summed E-state index contributed by atoms with van der Waals surface area (Å²) >= 11 is 5.62. The van der Waals surface area contributed by atoms with E-state index in [1.807, 2.05) is 0 Å². The van der Waals surface area contributed by atoms with Gasteiger partial charge in [0.2, 0.25) is 0 Å². The molecule has 0 amide bonds. The average molecular weight is 268 g/mol. The van der Waals surface area contributed by atoms with Crippen molar-refractivity contribution in [3.63, 3.8) is 0 Å². The number of nitrogens with zero attached hydrogens (tertiary/aromatic N) is 2. The summed E-state index contributed by atoms with van der Waals surface area (Å²) in [6, 6.07) is 7.12. The fourth-order valence-corrected chi connectivity index (χ4v) is 1.43. The third kappa shape index (κ3) is 2.54. The summed E-state index contributed by atoms with van der Waals surface area (Å²) in [5, 5.41) is 18.4. The molecule has 2 N–H and O–H groups in total. The van der Waals surface area contributed by atoms with Crippen LogP contribution in [-0.2, 0) is 0 Å². The molecule has 0 bridgehead atoms. The minimum absolute atomic E-state index is 0.0184. The van der Waals surface area contributed by atoms with Crippen molar-refractivity contribution in [1.82, 2.24) is 10.2 Å². The van der Waals surface area contributed by atoms with Crippen LogP contribution in [0.2, 0.25) is 5.02 Å². The lowest BCUT2D eigenvalue weighted by molar-refractivity contribution is 0.0689. The number of anilines is 2. The maximum Gasteiger partial charge on any atom is 0.356 e. The number of aromatic nitrogens is 2. The van der Waals surface area contributed by atoms with Gasteiger partial charge in [0.05, 0.1) is 10.7 Å². The van der Waals surface area contributed by atoms with Crippen LogP contribution in [-0.4, -0.2) is 21.3 Å². The molecule has 0 fully saturated rings. The van der Waals surface area contributed by atoms with Crippen LogP contribution in [0.25, 0.3) is 0 Å². The van der Waals surface area contributed by atoms with E-state index >= 15 is 0 Å². The highest BCUT2D eigenvalue weighted by molar-refractivity contribution is 6.31. The summed E-state index contributed by atoms with van der Waals surface area (Å²) in [4.78, 5) is 10.6. The maximum absolute atomic E-state index is 13.6. The van der Waals surface area contributed by atoms with Gasteiger partial charge in [-0.3, -0.25) is 0 Å². The monoisotopic (exact) mass is 267 g/mol. The Bertz CT molecular complexity index is 589. The van der Waals surface area contributed by atoms with Gasteiger partial charge in [0.25, 0.3) is 0 Å². The molecule has 1 heterocycles. The molecule has 1 aromatic heterocycles. The third-order valence-electron chi connectivity index (χ3n) is 2.10. The van der Waals surface area contributed by atoms with Crippen LogP contribution in [0.3, 0.4) is 0 Å². The standard InChI is InChI=1S/C11H7ClFN3O2/c12-6-2-1-3-7(10(6)13)14-9-5-4-8(11(17)18)15-16-9/h1-5H,(H,14,16)(H,17,18). The molecule has 0 atom stereocenters. The maximum atomic E-state index is 13.6. The van der Waals surface area contributed by atoms with Crippen LogP contribution in [0, 0.1) is 5.82 Å². The predicted molar refractivity (Wildman–Crippen MR) is 63.7 cm³/mol. The second kappa shape index (κ2) is 4.97. The summed E-state index contributed by atoms with van der Waals surface area (Å²) in [6.07, 6.45) is 0. The van der Waals surface area contributed by atoms with E-state index in [0.29, 0.717) is 0 Å². The first-order valence-corrected chi connectivity index (χ1v) is 5.24. The van der Waals surface area contributed by atoms with Crippen molar-refractivity contribution < 1.29 is 14.3 Å². The van der Waals surface area contributed by atoms with E-state index in [1.54, 1.807) is 6.07 Å². The van der Waals surface area contributed by atoms with Gasteiger partial charge < -0.3 is 10.4 Å². The van der Waals surface area contributed by atoms with Gasteiger partial charge in [0.1, 0.15) is 0 Å². The Morgan fingerprint density at radius 3 is 2.67 bits per heavy atom. The Morgan fingerprint density at radius 2 is 2.06 bits per heavy atom. The van der Waals surface area contributed by atoms with Crippen molar-refractivity contribution in [1.29, 1.82) is 0 Å². The van der Waals surface area contributed by atoms with Crippen LogP contribution in [0.15, 0.2) is 30.3 Å². The van der Waals surface area contributed by atoms with Crippen LogP contribution >= 0.6 is 11.6 Å². The summed E-state index contributed by atoms with van der Waals surface area (Å²) < 4.78 is 13.6. The molecule has 0 radical (unpaired) electrons. The minimum Gasteiger partial charge on any atom is -0.476 e. The van der Waals surface area contributed by atoms with Gasteiger partial charge in [-0.25, -0.2) is 9.18 Å². The van der Waals surface area contributed by atoms with E-state index in [9.17, 15) is 9.18 Å². The van der Waals surface area contributed by atoms with Crippen LogP contribution in [0.4, 0.5) is 15.9 Å². The molecule has 0 saturated heterocycles. The molecule has 0 aliphatic rings. The fraction of sp³-hybridized carbons (Fsp3) is 0. The van der Waals surface area contributed by atoms with Crippen molar-refractivity contribution in [2.24, 2.45) is 0 Å². The molecule has 7 heteroatoms. The van der Waals surface area contributed by atoms with E-state index in [2.05, 4.69) is 15.5 Å². The van der Waals surface area contributed by atoms with Crippen molar-refractivity contribution in [2.45, 2.75) is 0 Å². The molecule has 0 spiro atoms. The van der Waals surface area contributed by atoms with Crippen LogP contribution in [0.5, 0.6) is 0 Å². The zero-order chi connectivity index (χ0) is 13.1. The lowest BCUT2D eigenvalue weighted by Gasteiger charge is -2.06. The summed E-state index contributed by atoms with van der Waals surface area (Å²) in [6.45, 7) is 0. The summed E-state index contributed by atoms with van der Waals surface area (Å²) in [5.74, 6) is -1.56. The van der Waals surface area contributed by atoms with Gasteiger partial charge in [0.15, 0.2) is 17.3 Å².